The Hall–Kier alpha value is -6.41. The van der Waals surface area contributed by atoms with Crippen LogP contribution in [0, 0.1) is 5.82 Å². The van der Waals surface area contributed by atoms with Gasteiger partial charge in [0.05, 0.1) is 44.8 Å². The number of hydrogen-bond donors (Lipinski definition) is 9. The normalized spacial score (nSPS) is 23.0. The highest BCUT2D eigenvalue weighted by Crippen LogP contribution is 2.50. The molecule has 0 spiro atoms. The summed E-state index contributed by atoms with van der Waals surface area (Å²) in [6.45, 7) is -0.648. The third kappa shape index (κ3) is 14.7. The van der Waals surface area contributed by atoms with Gasteiger partial charge in [-0.05, 0) is 55.3 Å². The summed E-state index contributed by atoms with van der Waals surface area (Å²) < 4.78 is 84.1. The van der Waals surface area contributed by atoms with Gasteiger partial charge in [-0.2, -0.15) is 4.98 Å². The molecule has 0 radical (unpaired) electrons. The second-order valence-electron chi connectivity index (χ2n) is 17.8. The maximum Gasteiger partial charge on any atom is 0.472 e. The average molecular weight is 1110 g/mol. The molecule has 7 rings (SSSR count). The number of esters is 1. The van der Waals surface area contributed by atoms with E-state index in [1.807, 2.05) is 0 Å². The number of nitrogens with two attached hydrogens (primary N) is 2. The van der Waals surface area contributed by atoms with E-state index < -0.39 is 120 Å². The first-order valence-electron chi connectivity index (χ1n) is 22.6. The van der Waals surface area contributed by atoms with Crippen molar-refractivity contribution >= 4 is 62.1 Å². The molecule has 33 heteroatoms. The van der Waals surface area contributed by atoms with Crippen molar-refractivity contribution < 1.29 is 95.2 Å². The van der Waals surface area contributed by atoms with E-state index in [1.54, 1.807) is 24.3 Å². The van der Waals surface area contributed by atoms with E-state index in [0.29, 0.717) is 21.4 Å². The summed E-state index contributed by atoms with van der Waals surface area (Å²) in [6.07, 6.45) is -12.5. The van der Waals surface area contributed by atoms with Crippen LogP contribution in [0.25, 0.3) is 11.2 Å². The third-order valence-electron chi connectivity index (χ3n) is 11.4. The average Bonchev–Trinajstić information content (AvgIpc) is 4.05. The Balaban J connectivity index is 1.08. The minimum atomic E-state index is -5.53. The fourth-order valence-corrected chi connectivity index (χ4v) is 8.97. The third-order valence-corrected chi connectivity index (χ3v) is 12.8. The number of aliphatic hydroxyl groups is 3. The fourth-order valence-electron chi connectivity index (χ4n) is 7.66. The van der Waals surface area contributed by atoms with Crippen LogP contribution >= 0.6 is 15.6 Å². The van der Waals surface area contributed by atoms with E-state index in [1.165, 1.54) is 42.7 Å². The number of phosphoric acid groups is 2. The van der Waals surface area contributed by atoms with E-state index in [2.05, 4.69) is 29.8 Å². The number of amides is 2. The molecule has 2 amide bonds. The van der Waals surface area contributed by atoms with Crippen molar-refractivity contribution in [1.82, 2.24) is 34.0 Å². The first-order valence-corrected chi connectivity index (χ1v) is 25.6. The van der Waals surface area contributed by atoms with Crippen LogP contribution in [0.15, 0.2) is 78.2 Å². The second kappa shape index (κ2) is 23.9. The molecule has 2 aliphatic rings. The van der Waals surface area contributed by atoms with Gasteiger partial charge in [0.25, 0.3) is 0 Å². The number of carbonyl (C=O) groups is 3. The summed E-state index contributed by atoms with van der Waals surface area (Å²) in [5.41, 5.74) is 10.6. The molecule has 5 aromatic rings. The molecule has 2 aromatic carbocycles. The van der Waals surface area contributed by atoms with Crippen molar-refractivity contribution in [3.8, 4) is 0 Å². The molecule has 30 nitrogen and oxygen atoms in total. The van der Waals surface area contributed by atoms with Crippen LogP contribution in [0.5, 0.6) is 0 Å². The lowest BCUT2D eigenvalue weighted by atomic mass is 10.1. The van der Waals surface area contributed by atoms with Crippen molar-refractivity contribution in [2.45, 2.75) is 87.6 Å². The molecule has 3 aromatic heterocycles. The zero-order valence-corrected chi connectivity index (χ0v) is 42.1. The molecule has 0 saturated carbocycles. The number of nitrogen functional groups attached to an aromatic ring is 2. The van der Waals surface area contributed by atoms with Gasteiger partial charge in [0.2, 0.25) is 5.91 Å². The van der Waals surface area contributed by atoms with Crippen LogP contribution in [0.4, 0.5) is 26.5 Å². The number of anilines is 3. The summed E-state index contributed by atoms with van der Waals surface area (Å²) in [6, 6.07) is 11.1. The largest absolute Gasteiger partial charge is 0.472 e. The maximum absolute atomic E-state index is 14.3. The van der Waals surface area contributed by atoms with Crippen LogP contribution in [0.2, 0.25) is 0 Å². The predicted molar refractivity (Wildman–Crippen MR) is 255 cm³/mol. The Bertz CT molecular complexity index is 3020. The van der Waals surface area contributed by atoms with Gasteiger partial charge in [0, 0.05) is 18.9 Å². The van der Waals surface area contributed by atoms with Gasteiger partial charge in [0.15, 0.2) is 36.1 Å². The van der Waals surface area contributed by atoms with Crippen molar-refractivity contribution in [3.05, 3.63) is 101 Å². The number of imidazole rings is 1. The van der Waals surface area contributed by atoms with E-state index >= 15 is 0 Å². The molecule has 10 atom stereocenters. The number of likely N-dealkylation sites (N-methyl/N-ethyl adjacent to an activating group) is 1. The molecule has 0 aliphatic carbocycles. The first kappa shape index (κ1) is 57.3. The van der Waals surface area contributed by atoms with Gasteiger partial charge >= 0.3 is 33.4 Å². The van der Waals surface area contributed by atoms with Crippen LogP contribution in [0.1, 0.15) is 37.4 Å². The van der Waals surface area contributed by atoms with Crippen molar-refractivity contribution in [3.63, 3.8) is 0 Å². The molecule has 76 heavy (non-hydrogen) atoms. The van der Waals surface area contributed by atoms with Gasteiger partial charge in [-0.3, -0.25) is 32.4 Å². The molecular weight excluding hydrogens is 1060 g/mol. The predicted octanol–water partition coefficient (Wildman–Crippen LogP) is 0.0325. The zero-order chi connectivity index (χ0) is 55.3. The number of aromatic nitrogens is 6. The number of ether oxygens (including phenoxy) is 5. The van der Waals surface area contributed by atoms with Crippen LogP contribution in [-0.2, 0) is 69.0 Å². The minimum absolute atomic E-state index is 0.0183. The molecular formula is C43H53FN10O20P2. The number of halogens is 1. The Morgan fingerprint density at radius 3 is 2.18 bits per heavy atom. The van der Waals surface area contributed by atoms with Crippen molar-refractivity contribution in [1.29, 1.82) is 0 Å². The van der Waals surface area contributed by atoms with E-state index in [9.17, 15) is 62.7 Å². The Kier molecular flexibility index (Phi) is 18.0. The zero-order valence-electron chi connectivity index (χ0n) is 40.3. The lowest BCUT2D eigenvalue weighted by molar-refractivity contribution is -0.165. The van der Waals surface area contributed by atoms with Gasteiger partial charge in [0.1, 0.15) is 60.6 Å². The number of carbonyl (C=O) groups excluding carboxylic acids is 3. The number of rotatable bonds is 22. The molecule has 0 bridgehead atoms. The maximum atomic E-state index is 14.3. The topological polar surface area (TPSA) is 426 Å². The highest BCUT2D eigenvalue weighted by atomic mass is 31.2. The monoisotopic (exact) mass is 1110 g/mol. The minimum Gasteiger partial charge on any atom is -0.455 e. The Morgan fingerprint density at radius 2 is 1.53 bits per heavy atom. The van der Waals surface area contributed by atoms with Crippen LogP contribution < -0.4 is 22.5 Å². The van der Waals surface area contributed by atoms with Gasteiger partial charge in [-0.15, -0.1) is 0 Å². The summed E-state index contributed by atoms with van der Waals surface area (Å²) >= 11 is 0. The molecule has 5 heterocycles. The molecule has 2 aliphatic heterocycles. The van der Waals surface area contributed by atoms with Crippen LogP contribution in [-0.4, -0.2) is 164 Å². The number of phosphoric ester groups is 2. The van der Waals surface area contributed by atoms with E-state index in [4.69, 9.17) is 44.2 Å². The molecule has 2 saturated heterocycles. The summed E-state index contributed by atoms with van der Waals surface area (Å²) in [5.74, 6) is -2.36. The number of benzene rings is 2. The Morgan fingerprint density at radius 1 is 0.895 bits per heavy atom. The van der Waals surface area contributed by atoms with Crippen molar-refractivity contribution in [2.75, 3.05) is 50.3 Å². The van der Waals surface area contributed by atoms with Crippen LogP contribution in [0.3, 0.4) is 0 Å². The Labute approximate surface area is 429 Å². The lowest BCUT2D eigenvalue weighted by Gasteiger charge is -2.29. The number of fused-ring (bicyclic) bond motifs is 1. The van der Waals surface area contributed by atoms with Crippen molar-refractivity contribution in [2.24, 2.45) is 0 Å². The summed E-state index contributed by atoms with van der Waals surface area (Å²) in [7, 11) is -9.59. The number of hydrogen-bond acceptors (Lipinski definition) is 23. The summed E-state index contributed by atoms with van der Waals surface area (Å²) in [4.78, 5) is 99.4. The smallest absolute Gasteiger partial charge is 0.455 e. The van der Waals surface area contributed by atoms with Gasteiger partial charge in [-0.25, -0.2) is 42.9 Å². The van der Waals surface area contributed by atoms with E-state index in [0.717, 1.165) is 36.9 Å². The number of nitrogens with zero attached hydrogens (tertiary/aromatic N) is 7. The molecule has 412 valence electrons. The highest BCUT2D eigenvalue weighted by Gasteiger charge is 2.52. The second-order valence-corrected chi connectivity index (χ2v) is 20.5. The highest BCUT2D eigenvalue weighted by molar-refractivity contribution is 7.47. The first-order chi connectivity index (χ1) is 35.8. The molecule has 1 unspecified atom stereocenters. The number of nitrogens with one attached hydrogen (secondary N) is 1. The molecule has 11 N–H and O–H groups in total. The van der Waals surface area contributed by atoms with Gasteiger partial charge in [-0.1, -0.05) is 24.3 Å². The molecule has 2 fully saturated rings. The standard InChI is InChI=1S/C43H53FN10O20P2/c1-43(2,61)19-67-16-26(52(3)42(60)68-15-23-6-10-25(11-7-23)50-30(55)14-22-4-8-24(44)9-5-22)40(58)73-34-27(71-39(32(34)56)54-21-49-31-36(46)47-20-48-37(31)54)18-70-76(65,66)74-35-28(17-69-75(62,63)64)72-38(33(35)57)53-13-12-29(45)51-41(53)59/h4-13,20-21,26-28,32-35,38-39,56-57,61H,14-19H2,1-3H3,(H,50,55)(H,65,66)(H2,45,51,59)(H2,46,47,48)(H2,62,63,64)/t26-,27+,28+,32+,33+,34+,35+,38+,39+/m0/s1. The quantitative estimate of drug-likeness (QED) is 0.0326. The lowest BCUT2D eigenvalue weighted by Crippen LogP contribution is -2.50. The van der Waals surface area contributed by atoms with E-state index in [-0.39, 0.29) is 48.3 Å². The van der Waals surface area contributed by atoms with Gasteiger partial charge < -0.3 is 70.5 Å². The number of aliphatic hydroxyl groups excluding tert-OH is 2. The fraction of sp³-hybridized carbons (Fsp3) is 0.442. The SMILES string of the molecule is CN(C(=O)OCc1ccc(NC(=O)Cc2ccc(F)cc2)cc1)[C@@H](COCC(C)(C)O)C(=O)O[C@H]1[C@@H](O)[C@H](n2cnc3c(N)ncnc32)O[C@@H]1COP(=O)(O)O[C@H]1[C@@H](O)[C@H](n2ccc(N)nc2=O)O[C@@H]1COP(=O)(O)O. The summed E-state index contributed by atoms with van der Waals surface area (Å²) in [5, 5.41) is 36.2.